The first-order chi connectivity index (χ1) is 9.15. The van der Waals surface area contributed by atoms with E-state index in [-0.39, 0.29) is 0 Å². The first kappa shape index (κ1) is 13.5. The second-order valence-electron chi connectivity index (χ2n) is 4.66. The number of nitrogens with zero attached hydrogens (tertiary/aromatic N) is 2. The fraction of sp³-hybridized carbons (Fsp3) is 0.400. The van der Waals surface area contributed by atoms with Gasteiger partial charge in [-0.25, -0.2) is 4.98 Å². The van der Waals surface area contributed by atoms with Crippen molar-refractivity contribution in [2.75, 3.05) is 19.0 Å². The fourth-order valence-electron chi connectivity index (χ4n) is 2.07. The Balaban J connectivity index is 2.37. The average molecular weight is 259 g/mol. The van der Waals surface area contributed by atoms with Gasteiger partial charge in [0.1, 0.15) is 5.75 Å². The van der Waals surface area contributed by atoms with Gasteiger partial charge in [0.2, 0.25) is 5.95 Å². The lowest BCUT2D eigenvalue weighted by Gasteiger charge is -2.11. The van der Waals surface area contributed by atoms with Gasteiger partial charge in [0.15, 0.2) is 0 Å². The number of rotatable bonds is 5. The molecular formula is C15H21N3O. The monoisotopic (exact) mass is 259 g/mol. The molecule has 4 nitrogen and oxygen atoms in total. The zero-order valence-electron chi connectivity index (χ0n) is 12.0. The minimum absolute atomic E-state index is 0.893. The topological polar surface area (TPSA) is 39.1 Å². The van der Waals surface area contributed by atoms with Crippen LogP contribution in [0.15, 0.2) is 24.4 Å². The lowest BCUT2D eigenvalue weighted by Crippen LogP contribution is -2.06. The summed E-state index contributed by atoms with van der Waals surface area (Å²) in [5.74, 6) is 1.80. The number of hydrogen-bond donors (Lipinski definition) is 1. The van der Waals surface area contributed by atoms with Crippen LogP contribution in [0, 0.1) is 13.8 Å². The van der Waals surface area contributed by atoms with Crippen LogP contribution in [0.1, 0.15) is 24.6 Å². The number of methoxy groups -OCH3 is 1. The molecule has 1 aromatic carbocycles. The van der Waals surface area contributed by atoms with Gasteiger partial charge in [-0.2, -0.15) is 0 Å². The van der Waals surface area contributed by atoms with E-state index in [1.54, 1.807) is 7.11 Å². The first-order valence-corrected chi connectivity index (χ1v) is 6.60. The standard InChI is InChI=1S/C15H21N3O/c1-5-8-16-15-17-12(3)10-18(15)13-6-7-14(19-4)11(2)9-13/h6-7,9-10H,5,8H2,1-4H3,(H,16,17). The van der Waals surface area contributed by atoms with Gasteiger partial charge in [-0.15, -0.1) is 0 Å². The Bertz CT molecular complexity index is 561. The van der Waals surface area contributed by atoms with Crippen molar-refractivity contribution in [1.82, 2.24) is 9.55 Å². The Labute approximate surface area is 114 Å². The van der Waals surface area contributed by atoms with Crippen molar-refractivity contribution < 1.29 is 4.74 Å². The summed E-state index contributed by atoms with van der Waals surface area (Å²) < 4.78 is 7.38. The number of benzene rings is 1. The van der Waals surface area contributed by atoms with E-state index in [0.717, 1.165) is 41.6 Å². The molecule has 0 atom stereocenters. The zero-order valence-corrected chi connectivity index (χ0v) is 12.0. The third kappa shape index (κ3) is 2.89. The molecule has 0 fully saturated rings. The van der Waals surface area contributed by atoms with Crippen molar-refractivity contribution in [2.24, 2.45) is 0 Å². The Hall–Kier alpha value is -1.97. The highest BCUT2D eigenvalue weighted by Crippen LogP contribution is 2.23. The van der Waals surface area contributed by atoms with E-state index in [9.17, 15) is 0 Å². The van der Waals surface area contributed by atoms with Crippen molar-refractivity contribution in [3.8, 4) is 11.4 Å². The number of nitrogens with one attached hydrogen (secondary N) is 1. The van der Waals surface area contributed by atoms with Crippen LogP contribution in [-0.4, -0.2) is 23.2 Å². The first-order valence-electron chi connectivity index (χ1n) is 6.60. The molecule has 0 amide bonds. The van der Waals surface area contributed by atoms with E-state index in [0.29, 0.717) is 0 Å². The summed E-state index contributed by atoms with van der Waals surface area (Å²) in [6.45, 7) is 7.12. The maximum absolute atomic E-state index is 5.30. The minimum Gasteiger partial charge on any atom is -0.496 e. The van der Waals surface area contributed by atoms with Gasteiger partial charge >= 0.3 is 0 Å². The summed E-state index contributed by atoms with van der Waals surface area (Å²) in [6.07, 6.45) is 3.12. The lowest BCUT2D eigenvalue weighted by molar-refractivity contribution is 0.411. The molecule has 1 heterocycles. The summed E-state index contributed by atoms with van der Waals surface area (Å²) >= 11 is 0. The molecule has 0 bridgehead atoms. The molecule has 0 aliphatic carbocycles. The van der Waals surface area contributed by atoms with E-state index in [1.165, 1.54) is 0 Å². The Kier molecular flexibility index (Phi) is 4.10. The number of imidazole rings is 1. The van der Waals surface area contributed by atoms with Crippen LogP contribution in [0.25, 0.3) is 5.69 Å². The molecular weight excluding hydrogens is 238 g/mol. The van der Waals surface area contributed by atoms with Gasteiger partial charge in [0, 0.05) is 18.4 Å². The number of aryl methyl sites for hydroxylation is 2. The minimum atomic E-state index is 0.893. The molecule has 0 saturated carbocycles. The summed E-state index contributed by atoms with van der Waals surface area (Å²) in [5, 5.41) is 3.35. The maximum Gasteiger partial charge on any atom is 0.207 e. The van der Waals surface area contributed by atoms with E-state index >= 15 is 0 Å². The van der Waals surface area contributed by atoms with Crippen molar-refractivity contribution in [3.63, 3.8) is 0 Å². The van der Waals surface area contributed by atoms with Crippen LogP contribution in [0.3, 0.4) is 0 Å². The average Bonchev–Trinajstić information content (AvgIpc) is 2.77. The van der Waals surface area contributed by atoms with Crippen LogP contribution in [0.5, 0.6) is 5.75 Å². The van der Waals surface area contributed by atoms with Gasteiger partial charge in [-0.05, 0) is 44.0 Å². The second-order valence-corrected chi connectivity index (χ2v) is 4.66. The van der Waals surface area contributed by atoms with Crippen molar-refractivity contribution >= 4 is 5.95 Å². The maximum atomic E-state index is 5.30. The highest BCUT2D eigenvalue weighted by molar-refractivity contribution is 5.48. The Morgan fingerprint density at radius 1 is 1.32 bits per heavy atom. The van der Waals surface area contributed by atoms with Crippen molar-refractivity contribution in [1.29, 1.82) is 0 Å². The quantitative estimate of drug-likeness (QED) is 0.895. The SMILES string of the molecule is CCCNc1nc(C)cn1-c1ccc(OC)c(C)c1. The van der Waals surface area contributed by atoms with E-state index in [4.69, 9.17) is 4.74 Å². The van der Waals surface area contributed by atoms with Gasteiger partial charge in [-0.3, -0.25) is 4.57 Å². The summed E-state index contributed by atoms with van der Waals surface area (Å²) in [5.41, 5.74) is 3.22. The lowest BCUT2D eigenvalue weighted by atomic mass is 10.2. The number of anilines is 1. The van der Waals surface area contributed by atoms with Crippen molar-refractivity contribution in [3.05, 3.63) is 35.7 Å². The van der Waals surface area contributed by atoms with Crippen LogP contribution < -0.4 is 10.1 Å². The molecule has 1 N–H and O–H groups in total. The van der Waals surface area contributed by atoms with E-state index in [2.05, 4.69) is 27.9 Å². The molecule has 19 heavy (non-hydrogen) atoms. The molecule has 1 aromatic heterocycles. The van der Waals surface area contributed by atoms with E-state index < -0.39 is 0 Å². The molecule has 0 aliphatic rings. The summed E-state index contributed by atoms with van der Waals surface area (Å²) in [7, 11) is 1.69. The smallest absolute Gasteiger partial charge is 0.207 e. The molecule has 2 aromatic rings. The van der Waals surface area contributed by atoms with Gasteiger partial charge < -0.3 is 10.1 Å². The Morgan fingerprint density at radius 2 is 2.11 bits per heavy atom. The van der Waals surface area contributed by atoms with Crippen LogP contribution in [0.4, 0.5) is 5.95 Å². The molecule has 0 unspecified atom stereocenters. The summed E-state index contributed by atoms with van der Waals surface area (Å²) in [4.78, 5) is 4.52. The number of hydrogen-bond acceptors (Lipinski definition) is 3. The zero-order chi connectivity index (χ0) is 13.8. The van der Waals surface area contributed by atoms with Gasteiger partial charge in [-0.1, -0.05) is 6.92 Å². The predicted molar refractivity (Wildman–Crippen MR) is 78.4 cm³/mol. The Morgan fingerprint density at radius 3 is 2.74 bits per heavy atom. The second kappa shape index (κ2) is 5.78. The molecule has 102 valence electrons. The number of aromatic nitrogens is 2. The largest absolute Gasteiger partial charge is 0.496 e. The summed E-state index contributed by atoms with van der Waals surface area (Å²) in [6, 6.07) is 6.14. The molecule has 2 rings (SSSR count). The third-order valence-electron chi connectivity index (χ3n) is 3.02. The van der Waals surface area contributed by atoms with Crippen LogP contribution in [-0.2, 0) is 0 Å². The normalized spacial score (nSPS) is 10.5. The predicted octanol–water partition coefficient (Wildman–Crippen LogP) is 3.32. The fourth-order valence-corrected chi connectivity index (χ4v) is 2.07. The molecule has 0 saturated heterocycles. The highest BCUT2D eigenvalue weighted by Gasteiger charge is 2.08. The third-order valence-corrected chi connectivity index (χ3v) is 3.02. The molecule has 4 heteroatoms. The van der Waals surface area contributed by atoms with Crippen LogP contribution in [0.2, 0.25) is 0 Å². The molecule has 0 radical (unpaired) electrons. The van der Waals surface area contributed by atoms with Crippen molar-refractivity contribution in [2.45, 2.75) is 27.2 Å². The van der Waals surface area contributed by atoms with Gasteiger partial charge in [0.05, 0.1) is 12.8 Å². The highest BCUT2D eigenvalue weighted by atomic mass is 16.5. The van der Waals surface area contributed by atoms with Crippen LogP contribution >= 0.6 is 0 Å². The van der Waals surface area contributed by atoms with Gasteiger partial charge in [0.25, 0.3) is 0 Å². The number of ether oxygens (including phenoxy) is 1. The molecule has 0 spiro atoms. The molecule has 0 aliphatic heterocycles. The van der Waals surface area contributed by atoms with E-state index in [1.807, 2.05) is 32.2 Å².